The van der Waals surface area contributed by atoms with Gasteiger partial charge < -0.3 is 5.73 Å². The lowest BCUT2D eigenvalue weighted by atomic mass is 9.91. The van der Waals surface area contributed by atoms with Crippen LogP contribution in [0.4, 0.5) is 5.82 Å². The zero-order valence-corrected chi connectivity index (χ0v) is 13.2. The van der Waals surface area contributed by atoms with Crippen molar-refractivity contribution in [3.63, 3.8) is 0 Å². The van der Waals surface area contributed by atoms with Gasteiger partial charge in [-0.05, 0) is 30.7 Å². The van der Waals surface area contributed by atoms with E-state index in [1.165, 1.54) is 0 Å². The lowest BCUT2D eigenvalue weighted by Gasteiger charge is -2.19. The summed E-state index contributed by atoms with van der Waals surface area (Å²) in [6, 6.07) is 7.91. The van der Waals surface area contributed by atoms with E-state index in [2.05, 4.69) is 52.7 Å². The molecule has 2 rings (SSSR count). The smallest absolute Gasteiger partial charge is 0.162 e. The summed E-state index contributed by atoms with van der Waals surface area (Å²) < 4.78 is 1.05. The Hall–Kier alpha value is -1.42. The summed E-state index contributed by atoms with van der Waals surface area (Å²) in [6.07, 6.45) is 0. The first-order valence-electron chi connectivity index (χ1n) is 6.19. The van der Waals surface area contributed by atoms with Crippen molar-refractivity contribution in [2.75, 3.05) is 5.73 Å². The van der Waals surface area contributed by atoms with Gasteiger partial charge in [0.2, 0.25) is 0 Å². The van der Waals surface area contributed by atoms with Gasteiger partial charge in [0.15, 0.2) is 5.82 Å². The Bertz CT molecular complexity index is 615. The minimum Gasteiger partial charge on any atom is -0.384 e. The summed E-state index contributed by atoms with van der Waals surface area (Å²) >= 11 is 3.46. The van der Waals surface area contributed by atoms with E-state index in [9.17, 15) is 0 Å². The van der Waals surface area contributed by atoms with Crippen LogP contribution in [0.1, 0.15) is 32.0 Å². The summed E-state index contributed by atoms with van der Waals surface area (Å²) in [5.41, 5.74) is 8.96. The molecule has 1 heterocycles. The molecule has 100 valence electrons. The fraction of sp³-hybridized carbons (Fsp3) is 0.333. The molecule has 4 heteroatoms. The summed E-state index contributed by atoms with van der Waals surface area (Å²) in [6.45, 7) is 8.40. The minimum atomic E-state index is -0.0465. The normalized spacial score (nSPS) is 11.6. The molecule has 0 aliphatic heterocycles. The molecule has 0 atom stereocenters. The number of hydrogen-bond acceptors (Lipinski definition) is 3. The van der Waals surface area contributed by atoms with Crippen LogP contribution < -0.4 is 5.73 Å². The van der Waals surface area contributed by atoms with Crippen LogP contribution in [0.25, 0.3) is 11.4 Å². The van der Waals surface area contributed by atoms with Crippen molar-refractivity contribution in [2.45, 2.75) is 33.1 Å². The number of hydrogen-bond donors (Lipinski definition) is 1. The molecule has 0 fully saturated rings. The van der Waals surface area contributed by atoms with Gasteiger partial charge in [-0.15, -0.1) is 0 Å². The van der Waals surface area contributed by atoms with Gasteiger partial charge in [0, 0.05) is 21.5 Å². The molecule has 0 amide bonds. The van der Waals surface area contributed by atoms with Crippen molar-refractivity contribution in [1.29, 1.82) is 0 Å². The molecule has 1 aromatic heterocycles. The second kappa shape index (κ2) is 4.93. The van der Waals surface area contributed by atoms with E-state index in [1.807, 2.05) is 25.1 Å². The van der Waals surface area contributed by atoms with Crippen LogP contribution in [0.15, 0.2) is 28.7 Å². The van der Waals surface area contributed by atoms with Crippen LogP contribution >= 0.6 is 15.9 Å². The van der Waals surface area contributed by atoms with Gasteiger partial charge in [-0.1, -0.05) is 36.7 Å². The number of benzene rings is 1. The standard InChI is InChI=1S/C15H18BrN3/c1-9-7-10(16)5-6-11(9)14-18-12(15(2,3)4)8-13(17)19-14/h5-8H,1-4H3,(H2,17,18,19). The molecule has 19 heavy (non-hydrogen) atoms. The van der Waals surface area contributed by atoms with E-state index in [0.29, 0.717) is 11.6 Å². The van der Waals surface area contributed by atoms with E-state index in [-0.39, 0.29) is 5.41 Å². The summed E-state index contributed by atoms with van der Waals surface area (Å²) in [5.74, 6) is 1.20. The molecule has 2 aromatic rings. The highest BCUT2D eigenvalue weighted by Crippen LogP contribution is 2.27. The van der Waals surface area contributed by atoms with Crippen molar-refractivity contribution in [3.8, 4) is 11.4 Å². The molecule has 0 saturated heterocycles. The maximum Gasteiger partial charge on any atom is 0.162 e. The predicted molar refractivity (Wildman–Crippen MR) is 83.0 cm³/mol. The maximum atomic E-state index is 5.91. The predicted octanol–water partition coefficient (Wildman–Crippen LogP) is 4.09. The highest BCUT2D eigenvalue weighted by atomic mass is 79.9. The molecule has 0 spiro atoms. The van der Waals surface area contributed by atoms with Crippen LogP contribution in [0.5, 0.6) is 0 Å². The zero-order valence-electron chi connectivity index (χ0n) is 11.7. The van der Waals surface area contributed by atoms with E-state index >= 15 is 0 Å². The van der Waals surface area contributed by atoms with Crippen molar-refractivity contribution in [2.24, 2.45) is 0 Å². The molecule has 1 aromatic carbocycles. The third-order valence-electron chi connectivity index (χ3n) is 2.94. The topological polar surface area (TPSA) is 51.8 Å². The van der Waals surface area contributed by atoms with Crippen LogP contribution in [-0.4, -0.2) is 9.97 Å². The zero-order chi connectivity index (χ0) is 14.2. The van der Waals surface area contributed by atoms with Crippen molar-refractivity contribution < 1.29 is 0 Å². The van der Waals surface area contributed by atoms with Crippen molar-refractivity contribution in [1.82, 2.24) is 9.97 Å². The van der Waals surface area contributed by atoms with Crippen LogP contribution in [0, 0.1) is 6.92 Å². The summed E-state index contributed by atoms with van der Waals surface area (Å²) in [5, 5.41) is 0. The Labute approximate surface area is 122 Å². The molecule has 0 unspecified atom stereocenters. The SMILES string of the molecule is Cc1cc(Br)ccc1-c1nc(N)cc(C(C)(C)C)n1. The van der Waals surface area contributed by atoms with Crippen LogP contribution in [-0.2, 0) is 5.41 Å². The molecular weight excluding hydrogens is 302 g/mol. The van der Waals surface area contributed by atoms with E-state index in [0.717, 1.165) is 21.3 Å². The Morgan fingerprint density at radius 2 is 1.79 bits per heavy atom. The molecule has 0 saturated carbocycles. The first-order chi connectivity index (χ1) is 8.77. The van der Waals surface area contributed by atoms with E-state index in [1.54, 1.807) is 0 Å². The lowest BCUT2D eigenvalue weighted by Crippen LogP contribution is -2.15. The number of halogens is 1. The molecule has 0 aliphatic carbocycles. The van der Waals surface area contributed by atoms with E-state index in [4.69, 9.17) is 5.73 Å². The molecule has 0 bridgehead atoms. The van der Waals surface area contributed by atoms with Gasteiger partial charge in [0.1, 0.15) is 5.82 Å². The lowest BCUT2D eigenvalue weighted by molar-refractivity contribution is 0.568. The largest absolute Gasteiger partial charge is 0.384 e. The number of rotatable bonds is 1. The van der Waals surface area contributed by atoms with Gasteiger partial charge in [-0.3, -0.25) is 0 Å². The number of nitrogen functional groups attached to an aromatic ring is 1. The number of anilines is 1. The second-order valence-electron chi connectivity index (χ2n) is 5.71. The Kier molecular flexibility index (Phi) is 3.63. The third-order valence-corrected chi connectivity index (χ3v) is 3.44. The van der Waals surface area contributed by atoms with Gasteiger partial charge in [-0.25, -0.2) is 9.97 Å². The average Bonchev–Trinajstić information content (AvgIpc) is 2.26. The van der Waals surface area contributed by atoms with Crippen LogP contribution in [0.2, 0.25) is 0 Å². The van der Waals surface area contributed by atoms with Crippen LogP contribution in [0.3, 0.4) is 0 Å². The highest BCUT2D eigenvalue weighted by Gasteiger charge is 2.18. The molecule has 3 nitrogen and oxygen atoms in total. The maximum absolute atomic E-state index is 5.91. The fourth-order valence-corrected chi connectivity index (χ4v) is 2.32. The average molecular weight is 320 g/mol. The molecular formula is C15H18BrN3. The first-order valence-corrected chi connectivity index (χ1v) is 6.98. The number of aryl methyl sites for hydroxylation is 1. The minimum absolute atomic E-state index is 0.0465. The molecule has 2 N–H and O–H groups in total. The molecule has 0 radical (unpaired) electrons. The summed E-state index contributed by atoms with van der Waals surface area (Å²) in [7, 11) is 0. The molecule has 0 aliphatic rings. The monoisotopic (exact) mass is 319 g/mol. The number of aromatic nitrogens is 2. The fourth-order valence-electron chi connectivity index (χ4n) is 1.85. The number of nitrogens with zero attached hydrogens (tertiary/aromatic N) is 2. The number of nitrogens with two attached hydrogens (primary N) is 1. The quantitative estimate of drug-likeness (QED) is 0.861. The Balaban J connectivity index is 2.59. The van der Waals surface area contributed by atoms with Gasteiger partial charge in [0.05, 0.1) is 5.69 Å². The van der Waals surface area contributed by atoms with Crippen molar-refractivity contribution in [3.05, 3.63) is 40.0 Å². The Morgan fingerprint density at radius 1 is 1.11 bits per heavy atom. The highest BCUT2D eigenvalue weighted by molar-refractivity contribution is 9.10. The summed E-state index contributed by atoms with van der Waals surface area (Å²) in [4.78, 5) is 9.02. The second-order valence-corrected chi connectivity index (χ2v) is 6.63. The van der Waals surface area contributed by atoms with E-state index < -0.39 is 0 Å². The van der Waals surface area contributed by atoms with Gasteiger partial charge >= 0.3 is 0 Å². The van der Waals surface area contributed by atoms with Gasteiger partial charge in [-0.2, -0.15) is 0 Å². The van der Waals surface area contributed by atoms with Gasteiger partial charge in [0.25, 0.3) is 0 Å². The Morgan fingerprint density at radius 3 is 2.37 bits per heavy atom. The first kappa shape index (κ1) is 14.0. The van der Waals surface area contributed by atoms with Crippen molar-refractivity contribution >= 4 is 21.7 Å². The third kappa shape index (κ3) is 3.13.